The number of rotatable bonds is 5. The van der Waals surface area contributed by atoms with Gasteiger partial charge < -0.3 is 5.11 Å². The highest BCUT2D eigenvalue weighted by Crippen LogP contribution is 2.22. The first-order valence-corrected chi connectivity index (χ1v) is 6.34. The first-order valence-electron chi connectivity index (χ1n) is 5.51. The smallest absolute Gasteiger partial charge is 0.0895 e. The Kier molecular flexibility index (Phi) is 4.05. The third-order valence-corrected chi connectivity index (χ3v) is 3.52. The lowest BCUT2D eigenvalue weighted by molar-refractivity contribution is 0.208. The molecule has 0 saturated carbocycles. The average molecular weight is 227 g/mol. The van der Waals surface area contributed by atoms with Crippen molar-refractivity contribution in [3.63, 3.8) is 0 Å². The molecule has 1 aromatic rings. The van der Waals surface area contributed by atoms with Crippen molar-refractivity contribution in [3.05, 3.63) is 11.1 Å². The summed E-state index contributed by atoms with van der Waals surface area (Å²) >= 11 is 1.41. The molecule has 1 aliphatic rings. The Morgan fingerprint density at radius 2 is 2.53 bits per heavy atom. The van der Waals surface area contributed by atoms with Crippen molar-refractivity contribution in [2.75, 3.05) is 13.2 Å². The van der Waals surface area contributed by atoms with Crippen LogP contribution in [-0.4, -0.2) is 38.8 Å². The lowest BCUT2D eigenvalue weighted by Gasteiger charge is -2.22. The molecule has 1 atom stereocenters. The van der Waals surface area contributed by atoms with E-state index in [9.17, 15) is 0 Å². The van der Waals surface area contributed by atoms with Crippen molar-refractivity contribution in [1.82, 2.24) is 14.5 Å². The third-order valence-electron chi connectivity index (χ3n) is 2.96. The van der Waals surface area contributed by atoms with Crippen molar-refractivity contribution < 1.29 is 5.11 Å². The fourth-order valence-electron chi connectivity index (χ4n) is 2.22. The van der Waals surface area contributed by atoms with Gasteiger partial charge in [0.15, 0.2) is 0 Å². The highest BCUT2D eigenvalue weighted by molar-refractivity contribution is 7.03. The number of aliphatic hydroxyl groups excluding tert-OH is 1. The van der Waals surface area contributed by atoms with E-state index in [1.165, 1.54) is 24.4 Å². The Morgan fingerprint density at radius 1 is 1.60 bits per heavy atom. The summed E-state index contributed by atoms with van der Waals surface area (Å²) in [4.78, 5) is 2.46. The van der Waals surface area contributed by atoms with Gasteiger partial charge in [0.1, 0.15) is 0 Å². The van der Waals surface area contributed by atoms with Gasteiger partial charge in [0.25, 0.3) is 0 Å². The van der Waals surface area contributed by atoms with Crippen LogP contribution in [0.15, 0.2) is 5.38 Å². The van der Waals surface area contributed by atoms with E-state index in [1.807, 2.05) is 5.38 Å². The molecule has 0 radical (unpaired) electrons. The van der Waals surface area contributed by atoms with E-state index >= 15 is 0 Å². The molecule has 1 N–H and O–H groups in total. The Morgan fingerprint density at radius 3 is 3.27 bits per heavy atom. The number of aliphatic hydroxyl groups is 1. The van der Waals surface area contributed by atoms with Crippen LogP contribution in [0.5, 0.6) is 0 Å². The number of aromatic nitrogens is 2. The van der Waals surface area contributed by atoms with Crippen LogP contribution >= 0.6 is 11.5 Å². The minimum Gasteiger partial charge on any atom is -0.396 e. The van der Waals surface area contributed by atoms with Gasteiger partial charge in [-0.3, -0.25) is 4.90 Å². The Labute approximate surface area is 94.1 Å². The van der Waals surface area contributed by atoms with E-state index in [0.29, 0.717) is 12.6 Å². The van der Waals surface area contributed by atoms with E-state index in [4.69, 9.17) is 5.11 Å². The van der Waals surface area contributed by atoms with E-state index in [0.717, 1.165) is 31.6 Å². The molecule has 2 rings (SSSR count). The van der Waals surface area contributed by atoms with Gasteiger partial charge in [0.2, 0.25) is 0 Å². The first-order chi connectivity index (χ1) is 7.40. The van der Waals surface area contributed by atoms with Crippen LogP contribution in [0, 0.1) is 0 Å². The van der Waals surface area contributed by atoms with Gasteiger partial charge >= 0.3 is 0 Å². The summed E-state index contributed by atoms with van der Waals surface area (Å²) in [5, 5.41) is 14.9. The highest BCUT2D eigenvalue weighted by Gasteiger charge is 2.24. The standard InChI is InChI=1S/C10H17N3OS/c14-6-2-4-10-3-1-5-13(10)7-9-8-15-12-11-9/h8,10,14H,1-7H2. The van der Waals surface area contributed by atoms with E-state index < -0.39 is 0 Å². The maximum atomic E-state index is 8.83. The Hall–Kier alpha value is -0.520. The van der Waals surface area contributed by atoms with Crippen LogP contribution in [0.4, 0.5) is 0 Å². The molecule has 0 bridgehead atoms. The second-order valence-electron chi connectivity index (χ2n) is 4.03. The molecule has 15 heavy (non-hydrogen) atoms. The van der Waals surface area contributed by atoms with Crippen LogP contribution in [0.3, 0.4) is 0 Å². The number of hydrogen-bond donors (Lipinski definition) is 1. The van der Waals surface area contributed by atoms with Gasteiger partial charge in [-0.2, -0.15) is 0 Å². The molecule has 1 aliphatic heterocycles. The summed E-state index contributed by atoms with van der Waals surface area (Å²) in [7, 11) is 0. The van der Waals surface area contributed by atoms with Crippen molar-refractivity contribution in [2.24, 2.45) is 0 Å². The molecule has 2 heterocycles. The minimum atomic E-state index is 0.308. The first kappa shape index (κ1) is 11.0. The van der Waals surface area contributed by atoms with Crippen molar-refractivity contribution in [2.45, 2.75) is 38.3 Å². The van der Waals surface area contributed by atoms with Crippen molar-refractivity contribution in [3.8, 4) is 0 Å². The van der Waals surface area contributed by atoms with Crippen LogP contribution in [0.25, 0.3) is 0 Å². The zero-order chi connectivity index (χ0) is 10.5. The zero-order valence-electron chi connectivity index (χ0n) is 8.80. The van der Waals surface area contributed by atoms with Gasteiger partial charge in [0.05, 0.1) is 5.69 Å². The van der Waals surface area contributed by atoms with Crippen LogP contribution < -0.4 is 0 Å². The second-order valence-corrected chi connectivity index (χ2v) is 4.64. The third kappa shape index (κ3) is 2.96. The van der Waals surface area contributed by atoms with Crippen molar-refractivity contribution in [1.29, 1.82) is 0 Å². The van der Waals surface area contributed by atoms with Gasteiger partial charge in [0, 0.05) is 24.6 Å². The molecule has 5 heteroatoms. The molecule has 1 saturated heterocycles. The number of hydrogen-bond acceptors (Lipinski definition) is 5. The quantitative estimate of drug-likeness (QED) is 0.823. The summed E-state index contributed by atoms with van der Waals surface area (Å²) in [5.41, 5.74) is 1.08. The second kappa shape index (κ2) is 5.53. The molecule has 1 unspecified atom stereocenters. The van der Waals surface area contributed by atoms with Crippen LogP contribution in [0.1, 0.15) is 31.4 Å². The molecular weight excluding hydrogens is 210 g/mol. The highest BCUT2D eigenvalue weighted by atomic mass is 32.1. The van der Waals surface area contributed by atoms with E-state index in [1.54, 1.807) is 0 Å². The molecule has 0 spiro atoms. The largest absolute Gasteiger partial charge is 0.396 e. The fourth-order valence-corrected chi connectivity index (χ4v) is 2.66. The zero-order valence-corrected chi connectivity index (χ0v) is 9.62. The SMILES string of the molecule is OCCCC1CCCN1Cc1csnn1. The van der Waals surface area contributed by atoms with Gasteiger partial charge in [-0.1, -0.05) is 4.49 Å². The van der Waals surface area contributed by atoms with Gasteiger partial charge in [-0.25, -0.2) is 0 Å². The van der Waals surface area contributed by atoms with E-state index in [-0.39, 0.29) is 0 Å². The van der Waals surface area contributed by atoms with Crippen LogP contribution in [-0.2, 0) is 6.54 Å². The lowest BCUT2D eigenvalue weighted by Crippen LogP contribution is -2.29. The Bertz CT molecular complexity index is 278. The molecule has 0 aliphatic carbocycles. The molecule has 1 fully saturated rings. The summed E-state index contributed by atoms with van der Waals surface area (Å²) in [6.45, 7) is 2.39. The normalized spacial score (nSPS) is 22.3. The van der Waals surface area contributed by atoms with Gasteiger partial charge in [-0.15, -0.1) is 5.10 Å². The number of nitrogens with zero attached hydrogens (tertiary/aromatic N) is 3. The Balaban J connectivity index is 1.85. The summed E-state index contributed by atoms with van der Waals surface area (Å²) in [6.07, 6.45) is 4.55. The molecule has 4 nitrogen and oxygen atoms in total. The van der Waals surface area contributed by atoms with Gasteiger partial charge in [-0.05, 0) is 43.8 Å². The maximum absolute atomic E-state index is 8.83. The van der Waals surface area contributed by atoms with Crippen molar-refractivity contribution >= 4 is 11.5 Å². The molecular formula is C10H17N3OS. The maximum Gasteiger partial charge on any atom is 0.0895 e. The fraction of sp³-hybridized carbons (Fsp3) is 0.800. The van der Waals surface area contributed by atoms with Crippen LogP contribution in [0.2, 0.25) is 0 Å². The predicted molar refractivity (Wildman–Crippen MR) is 59.7 cm³/mol. The topological polar surface area (TPSA) is 49.2 Å². The monoisotopic (exact) mass is 227 g/mol. The summed E-state index contributed by atoms with van der Waals surface area (Å²) in [6, 6.07) is 0.638. The summed E-state index contributed by atoms with van der Waals surface area (Å²) < 4.78 is 3.88. The lowest BCUT2D eigenvalue weighted by atomic mass is 10.1. The molecule has 1 aromatic heterocycles. The average Bonchev–Trinajstić information content (AvgIpc) is 2.87. The molecule has 0 amide bonds. The van der Waals surface area contributed by atoms with E-state index in [2.05, 4.69) is 14.5 Å². The molecule has 84 valence electrons. The molecule has 0 aromatic carbocycles. The predicted octanol–water partition coefficient (Wildman–Crippen LogP) is 1.28. The summed E-state index contributed by atoms with van der Waals surface area (Å²) in [5.74, 6) is 0. The minimum absolute atomic E-state index is 0.308. The number of likely N-dealkylation sites (tertiary alicyclic amines) is 1.